The fourth-order valence-corrected chi connectivity index (χ4v) is 5.83. The Morgan fingerprint density at radius 3 is 2.03 bits per heavy atom. The van der Waals surface area contributed by atoms with Crippen LogP contribution in [0.5, 0.6) is 23.0 Å². The predicted octanol–water partition coefficient (Wildman–Crippen LogP) is 3.37. The lowest BCUT2D eigenvalue weighted by Crippen LogP contribution is -2.61. The van der Waals surface area contributed by atoms with Crippen LogP contribution in [0.25, 0.3) is 6.08 Å². The largest absolute Gasteiger partial charge is 0.496 e. The number of hydrogen-bond acceptors (Lipinski definition) is 7. The molecule has 170 valence electrons. The number of rotatable bonds is 4. The minimum absolute atomic E-state index is 0.0914. The van der Waals surface area contributed by atoms with Crippen molar-refractivity contribution in [2.45, 2.75) is 37.7 Å². The Morgan fingerprint density at radius 2 is 1.41 bits per heavy atom. The van der Waals surface area contributed by atoms with Gasteiger partial charge in [0.05, 0.1) is 46.6 Å². The van der Waals surface area contributed by atoms with E-state index in [0.29, 0.717) is 6.42 Å². The second-order valence-corrected chi connectivity index (χ2v) is 8.57. The van der Waals surface area contributed by atoms with Crippen molar-refractivity contribution in [1.29, 1.82) is 0 Å². The summed E-state index contributed by atoms with van der Waals surface area (Å²) in [5, 5.41) is 11.6. The number of aliphatic hydroxyl groups is 1. The van der Waals surface area contributed by atoms with Crippen LogP contribution in [0, 0.1) is 0 Å². The Morgan fingerprint density at radius 1 is 0.844 bits per heavy atom. The van der Waals surface area contributed by atoms with Crippen molar-refractivity contribution >= 4 is 6.08 Å². The van der Waals surface area contributed by atoms with E-state index in [1.54, 1.807) is 28.4 Å². The van der Waals surface area contributed by atoms with Crippen molar-refractivity contribution in [3.05, 3.63) is 52.2 Å². The summed E-state index contributed by atoms with van der Waals surface area (Å²) in [6.45, 7) is 2.11. The zero-order chi connectivity index (χ0) is 22.7. The van der Waals surface area contributed by atoms with Crippen molar-refractivity contribution in [3.8, 4) is 23.0 Å². The summed E-state index contributed by atoms with van der Waals surface area (Å²) in [5.41, 5.74) is 5.20. The van der Waals surface area contributed by atoms with E-state index in [4.69, 9.17) is 18.9 Å². The Labute approximate surface area is 188 Å². The number of benzene rings is 2. The standard InChI is InChI=1S/C25H30N2O5/c1-13-22-14(18(29-3)7-9-20(22)31-5)11-16-24-23-15(19(30-4)8-10-21(23)32-6)12-17(26(24)2)25(28)27(13)16/h7-11,13,17,24-25,28H,12H2,1-6H3/t13-,17-,24-,25?/m0/s1. The van der Waals surface area contributed by atoms with Gasteiger partial charge in [-0.3, -0.25) is 4.90 Å². The Hall–Kier alpha value is -2.90. The monoisotopic (exact) mass is 438 g/mol. The third kappa shape index (κ3) is 2.67. The maximum Gasteiger partial charge on any atom is 0.143 e. The van der Waals surface area contributed by atoms with E-state index in [1.807, 2.05) is 24.3 Å². The van der Waals surface area contributed by atoms with Crippen LogP contribution in [0.1, 0.15) is 41.3 Å². The van der Waals surface area contributed by atoms with Gasteiger partial charge in [0.2, 0.25) is 0 Å². The van der Waals surface area contributed by atoms with Crippen LogP contribution in [-0.4, -0.2) is 62.7 Å². The summed E-state index contributed by atoms with van der Waals surface area (Å²) in [7, 11) is 8.82. The van der Waals surface area contributed by atoms with Gasteiger partial charge in [0.15, 0.2) is 0 Å². The van der Waals surface area contributed by atoms with Gasteiger partial charge in [0, 0.05) is 28.0 Å². The molecule has 3 aliphatic heterocycles. The molecule has 1 unspecified atom stereocenters. The quantitative estimate of drug-likeness (QED) is 0.785. The smallest absolute Gasteiger partial charge is 0.143 e. The maximum absolute atomic E-state index is 11.6. The van der Waals surface area contributed by atoms with Gasteiger partial charge < -0.3 is 29.0 Å². The van der Waals surface area contributed by atoms with Gasteiger partial charge in [-0.2, -0.15) is 0 Å². The topological polar surface area (TPSA) is 63.6 Å². The molecule has 0 saturated carbocycles. The van der Waals surface area contributed by atoms with Crippen LogP contribution in [0.15, 0.2) is 30.0 Å². The van der Waals surface area contributed by atoms with Gasteiger partial charge >= 0.3 is 0 Å². The molecule has 7 nitrogen and oxygen atoms in total. The summed E-state index contributed by atoms with van der Waals surface area (Å²) in [6.07, 6.45) is 2.11. The Kier molecular flexibility index (Phi) is 4.98. The lowest BCUT2D eigenvalue weighted by molar-refractivity contribution is -0.107. The lowest BCUT2D eigenvalue weighted by Gasteiger charge is -2.57. The highest BCUT2D eigenvalue weighted by Crippen LogP contribution is 2.55. The van der Waals surface area contributed by atoms with Gasteiger partial charge in [0.1, 0.15) is 29.2 Å². The highest BCUT2D eigenvalue weighted by molar-refractivity contribution is 5.72. The minimum Gasteiger partial charge on any atom is -0.496 e. The van der Waals surface area contributed by atoms with Gasteiger partial charge in [-0.1, -0.05) is 0 Å². The first-order valence-corrected chi connectivity index (χ1v) is 10.8. The summed E-state index contributed by atoms with van der Waals surface area (Å²) >= 11 is 0. The number of piperazine rings is 1. The number of nitrogens with zero attached hydrogens (tertiary/aromatic N) is 2. The van der Waals surface area contributed by atoms with E-state index >= 15 is 0 Å². The lowest BCUT2D eigenvalue weighted by atomic mass is 9.78. The Bertz CT molecular complexity index is 1100. The van der Waals surface area contributed by atoms with E-state index in [9.17, 15) is 5.11 Å². The maximum atomic E-state index is 11.6. The SMILES string of the molecule is COc1ccc(OC)c2c1C=C1[C@H]3c4c(OC)ccc(OC)c4C[C@@H](C(O)N1[C@H]2C)N3C. The fraction of sp³-hybridized carbons (Fsp3) is 0.440. The van der Waals surface area contributed by atoms with Crippen LogP contribution in [0.4, 0.5) is 0 Å². The molecular formula is C25H30N2O5. The second-order valence-electron chi connectivity index (χ2n) is 8.57. The molecule has 2 bridgehead atoms. The van der Waals surface area contributed by atoms with E-state index in [2.05, 4.69) is 29.8 Å². The van der Waals surface area contributed by atoms with Crippen LogP contribution < -0.4 is 18.9 Å². The molecule has 4 atom stereocenters. The molecule has 0 spiro atoms. The first-order valence-electron chi connectivity index (χ1n) is 10.8. The van der Waals surface area contributed by atoms with Gasteiger partial charge in [-0.25, -0.2) is 0 Å². The van der Waals surface area contributed by atoms with Crippen LogP contribution in [0.3, 0.4) is 0 Å². The fourth-order valence-electron chi connectivity index (χ4n) is 5.83. The van der Waals surface area contributed by atoms with Gasteiger partial charge in [-0.05, 0) is 50.7 Å². The van der Waals surface area contributed by atoms with Crippen molar-refractivity contribution in [2.75, 3.05) is 35.5 Å². The summed E-state index contributed by atoms with van der Waals surface area (Å²) in [5.74, 6) is 3.23. The molecule has 2 aromatic carbocycles. The summed E-state index contributed by atoms with van der Waals surface area (Å²) < 4.78 is 22.9. The number of ether oxygens (including phenoxy) is 4. The van der Waals surface area contributed by atoms with E-state index in [1.165, 1.54) is 0 Å². The highest BCUT2D eigenvalue weighted by atomic mass is 16.5. The van der Waals surface area contributed by atoms with Gasteiger partial charge in [-0.15, -0.1) is 0 Å². The average Bonchev–Trinajstić information content (AvgIpc) is 2.80. The normalized spacial score (nSPS) is 25.8. The first kappa shape index (κ1) is 21.0. The van der Waals surface area contributed by atoms with E-state index < -0.39 is 6.23 Å². The number of aliphatic hydroxyl groups excluding tert-OH is 1. The molecule has 7 heteroatoms. The molecule has 1 N–H and O–H groups in total. The molecule has 5 rings (SSSR count). The molecule has 3 aliphatic rings. The third-order valence-electron chi connectivity index (χ3n) is 7.31. The van der Waals surface area contributed by atoms with Crippen LogP contribution in [0.2, 0.25) is 0 Å². The van der Waals surface area contributed by atoms with Crippen LogP contribution in [-0.2, 0) is 6.42 Å². The summed E-state index contributed by atoms with van der Waals surface area (Å²) in [4.78, 5) is 4.38. The van der Waals surface area contributed by atoms with Crippen molar-refractivity contribution in [2.24, 2.45) is 0 Å². The van der Waals surface area contributed by atoms with Crippen molar-refractivity contribution < 1.29 is 24.1 Å². The molecule has 1 fully saturated rings. The number of hydrogen-bond donors (Lipinski definition) is 1. The van der Waals surface area contributed by atoms with Gasteiger partial charge in [0.25, 0.3) is 0 Å². The third-order valence-corrected chi connectivity index (χ3v) is 7.31. The van der Waals surface area contributed by atoms with Crippen molar-refractivity contribution in [3.63, 3.8) is 0 Å². The molecule has 0 aliphatic carbocycles. The van der Waals surface area contributed by atoms with E-state index in [0.717, 1.165) is 50.9 Å². The van der Waals surface area contributed by atoms with E-state index in [-0.39, 0.29) is 18.1 Å². The average molecular weight is 439 g/mol. The molecule has 3 heterocycles. The highest BCUT2D eigenvalue weighted by Gasteiger charge is 2.51. The second kappa shape index (κ2) is 7.60. The Balaban J connectivity index is 1.80. The molecule has 2 aromatic rings. The number of methoxy groups -OCH3 is 4. The molecule has 0 radical (unpaired) electrons. The van der Waals surface area contributed by atoms with Crippen molar-refractivity contribution in [1.82, 2.24) is 9.80 Å². The summed E-state index contributed by atoms with van der Waals surface area (Å²) in [6, 6.07) is 7.49. The zero-order valence-electron chi connectivity index (χ0n) is 19.4. The zero-order valence-corrected chi connectivity index (χ0v) is 19.4. The molecule has 1 saturated heterocycles. The predicted molar refractivity (Wildman–Crippen MR) is 121 cm³/mol. The number of fused-ring (bicyclic) bond motifs is 7. The minimum atomic E-state index is -0.689. The van der Waals surface area contributed by atoms with Crippen LogP contribution >= 0.6 is 0 Å². The molecule has 0 amide bonds. The molecule has 32 heavy (non-hydrogen) atoms. The number of likely N-dealkylation sites (N-methyl/N-ethyl adjacent to an activating group) is 1. The molecule has 0 aromatic heterocycles. The first-order chi connectivity index (χ1) is 15.5. The molecular weight excluding hydrogens is 408 g/mol.